The number of rotatable bonds is 7. The quantitative estimate of drug-likeness (QED) is 0.794. The van der Waals surface area contributed by atoms with E-state index in [4.69, 9.17) is 4.52 Å². The van der Waals surface area contributed by atoms with Gasteiger partial charge < -0.3 is 9.84 Å². The van der Waals surface area contributed by atoms with E-state index in [0.29, 0.717) is 24.7 Å². The molecule has 0 unspecified atom stereocenters. The van der Waals surface area contributed by atoms with Gasteiger partial charge in [0.15, 0.2) is 5.82 Å². The Morgan fingerprint density at radius 3 is 2.81 bits per heavy atom. The smallest absolute Gasteiger partial charge is 0.239 e. The highest BCUT2D eigenvalue weighted by molar-refractivity contribution is 5.91. The van der Waals surface area contributed by atoms with Crippen molar-refractivity contribution in [2.75, 3.05) is 18.4 Å². The maximum absolute atomic E-state index is 12.0. The van der Waals surface area contributed by atoms with E-state index < -0.39 is 0 Å². The average molecular weight is 285 g/mol. The molecule has 0 saturated carbocycles. The van der Waals surface area contributed by atoms with Gasteiger partial charge in [-0.2, -0.15) is 0 Å². The Balaban J connectivity index is 1.92. The van der Waals surface area contributed by atoms with Crippen molar-refractivity contribution in [1.82, 2.24) is 10.1 Å². The number of amides is 1. The summed E-state index contributed by atoms with van der Waals surface area (Å²) < 4.78 is 4.92. The first-order valence-electron chi connectivity index (χ1n) is 6.77. The number of benzene rings is 1. The van der Waals surface area contributed by atoms with Crippen molar-refractivity contribution in [2.45, 2.75) is 13.5 Å². The van der Waals surface area contributed by atoms with Crippen LogP contribution in [0.1, 0.15) is 11.3 Å². The lowest BCUT2D eigenvalue weighted by Crippen LogP contribution is -2.33. The molecule has 2 rings (SSSR count). The third-order valence-electron chi connectivity index (χ3n) is 2.90. The van der Waals surface area contributed by atoms with E-state index in [0.717, 1.165) is 5.56 Å². The molecule has 110 valence electrons. The van der Waals surface area contributed by atoms with Gasteiger partial charge in [0.25, 0.3) is 0 Å². The number of carbonyl (C=O) groups is 1. The van der Waals surface area contributed by atoms with Gasteiger partial charge in [0.1, 0.15) is 5.76 Å². The first kappa shape index (κ1) is 15.0. The normalized spacial score (nSPS) is 10.6. The summed E-state index contributed by atoms with van der Waals surface area (Å²) in [4.78, 5) is 14.0. The molecule has 1 heterocycles. The molecule has 5 nitrogen and oxygen atoms in total. The Morgan fingerprint density at radius 2 is 2.19 bits per heavy atom. The number of aryl methyl sites for hydroxylation is 1. The van der Waals surface area contributed by atoms with Gasteiger partial charge in [-0.1, -0.05) is 41.6 Å². The van der Waals surface area contributed by atoms with Crippen LogP contribution in [0.25, 0.3) is 0 Å². The summed E-state index contributed by atoms with van der Waals surface area (Å²) in [6.45, 7) is 7.12. The van der Waals surface area contributed by atoms with Gasteiger partial charge in [-0.15, -0.1) is 6.58 Å². The van der Waals surface area contributed by atoms with E-state index in [1.165, 1.54) is 0 Å². The lowest BCUT2D eigenvalue weighted by molar-refractivity contribution is -0.117. The summed E-state index contributed by atoms with van der Waals surface area (Å²) in [6.07, 6.45) is 1.79. The molecule has 0 aliphatic carbocycles. The molecule has 0 bridgehead atoms. The predicted molar refractivity (Wildman–Crippen MR) is 81.8 cm³/mol. The minimum Gasteiger partial charge on any atom is -0.360 e. The van der Waals surface area contributed by atoms with Crippen molar-refractivity contribution in [3.63, 3.8) is 0 Å². The number of nitrogens with zero attached hydrogens (tertiary/aromatic N) is 2. The highest BCUT2D eigenvalue weighted by Crippen LogP contribution is 2.08. The lowest BCUT2D eigenvalue weighted by Gasteiger charge is -2.19. The van der Waals surface area contributed by atoms with Gasteiger partial charge in [-0.05, 0) is 12.5 Å². The fraction of sp³-hybridized carbons (Fsp3) is 0.250. The van der Waals surface area contributed by atoms with Gasteiger partial charge >= 0.3 is 0 Å². The van der Waals surface area contributed by atoms with E-state index in [2.05, 4.69) is 17.1 Å². The Bertz CT molecular complexity index is 593. The number of carbonyl (C=O) groups excluding carboxylic acids is 1. The minimum absolute atomic E-state index is 0.124. The molecule has 2 aromatic rings. The van der Waals surface area contributed by atoms with Crippen LogP contribution in [0, 0.1) is 6.92 Å². The first-order chi connectivity index (χ1) is 10.2. The third kappa shape index (κ3) is 4.89. The molecular formula is C16H19N3O2. The zero-order chi connectivity index (χ0) is 15.1. The van der Waals surface area contributed by atoms with Crippen LogP contribution in [0.4, 0.5) is 5.82 Å². The number of aromatic nitrogens is 1. The Hall–Kier alpha value is -2.40. The van der Waals surface area contributed by atoms with Crippen molar-refractivity contribution in [3.8, 4) is 0 Å². The summed E-state index contributed by atoms with van der Waals surface area (Å²) in [5, 5.41) is 6.47. The van der Waals surface area contributed by atoms with E-state index >= 15 is 0 Å². The molecule has 0 atom stereocenters. The van der Waals surface area contributed by atoms with E-state index in [1.807, 2.05) is 35.2 Å². The molecular weight excluding hydrogens is 266 g/mol. The second-order valence-electron chi connectivity index (χ2n) is 4.81. The summed E-state index contributed by atoms with van der Waals surface area (Å²) >= 11 is 0. The van der Waals surface area contributed by atoms with Gasteiger partial charge in [-0.3, -0.25) is 9.69 Å². The highest BCUT2D eigenvalue weighted by atomic mass is 16.5. The molecule has 1 amide bonds. The lowest BCUT2D eigenvalue weighted by atomic mass is 10.2. The van der Waals surface area contributed by atoms with Crippen LogP contribution < -0.4 is 5.32 Å². The van der Waals surface area contributed by atoms with Gasteiger partial charge in [0.2, 0.25) is 5.91 Å². The van der Waals surface area contributed by atoms with Crippen LogP contribution in [0.2, 0.25) is 0 Å². The van der Waals surface area contributed by atoms with Crippen molar-refractivity contribution >= 4 is 11.7 Å². The fourth-order valence-electron chi connectivity index (χ4n) is 2.02. The predicted octanol–water partition coefficient (Wildman–Crippen LogP) is 2.61. The second-order valence-corrected chi connectivity index (χ2v) is 4.81. The fourth-order valence-corrected chi connectivity index (χ4v) is 2.02. The Kier molecular flexibility index (Phi) is 5.29. The Labute approximate surface area is 124 Å². The van der Waals surface area contributed by atoms with Crippen molar-refractivity contribution in [3.05, 3.63) is 60.4 Å². The second kappa shape index (κ2) is 7.40. The van der Waals surface area contributed by atoms with Crippen LogP contribution >= 0.6 is 0 Å². The highest BCUT2D eigenvalue weighted by Gasteiger charge is 2.12. The summed E-state index contributed by atoms with van der Waals surface area (Å²) in [5.74, 6) is 0.981. The van der Waals surface area contributed by atoms with Crippen LogP contribution in [0.5, 0.6) is 0 Å². The van der Waals surface area contributed by atoms with Crippen LogP contribution in [0.15, 0.2) is 53.6 Å². The number of anilines is 1. The van der Waals surface area contributed by atoms with E-state index in [-0.39, 0.29) is 12.5 Å². The zero-order valence-corrected chi connectivity index (χ0v) is 12.1. The Morgan fingerprint density at radius 1 is 1.43 bits per heavy atom. The molecule has 0 radical (unpaired) electrons. The molecule has 5 heteroatoms. The van der Waals surface area contributed by atoms with Crippen molar-refractivity contribution < 1.29 is 9.32 Å². The van der Waals surface area contributed by atoms with E-state index in [9.17, 15) is 4.79 Å². The van der Waals surface area contributed by atoms with E-state index in [1.54, 1.807) is 19.1 Å². The molecule has 1 aromatic carbocycles. The molecule has 21 heavy (non-hydrogen) atoms. The number of hydrogen-bond acceptors (Lipinski definition) is 4. The van der Waals surface area contributed by atoms with Crippen molar-refractivity contribution in [2.24, 2.45) is 0 Å². The first-order valence-corrected chi connectivity index (χ1v) is 6.77. The number of hydrogen-bond donors (Lipinski definition) is 1. The third-order valence-corrected chi connectivity index (χ3v) is 2.90. The molecule has 1 aromatic heterocycles. The minimum atomic E-state index is -0.124. The monoisotopic (exact) mass is 285 g/mol. The molecule has 0 fully saturated rings. The SMILES string of the molecule is C=CCN(CC(=O)Nc1cc(C)on1)Cc1ccccc1. The molecule has 0 spiro atoms. The van der Waals surface area contributed by atoms with Gasteiger partial charge in [0.05, 0.1) is 6.54 Å². The largest absolute Gasteiger partial charge is 0.360 e. The van der Waals surface area contributed by atoms with Crippen LogP contribution in [-0.4, -0.2) is 29.1 Å². The molecule has 0 aliphatic rings. The van der Waals surface area contributed by atoms with Crippen molar-refractivity contribution in [1.29, 1.82) is 0 Å². The molecule has 1 N–H and O–H groups in total. The summed E-state index contributed by atoms with van der Waals surface area (Å²) in [6, 6.07) is 11.7. The molecule has 0 saturated heterocycles. The van der Waals surface area contributed by atoms with Gasteiger partial charge in [0, 0.05) is 19.2 Å². The van der Waals surface area contributed by atoms with Crippen LogP contribution in [-0.2, 0) is 11.3 Å². The average Bonchev–Trinajstić information content (AvgIpc) is 2.85. The standard InChI is InChI=1S/C16H19N3O2/c1-3-9-19(11-14-7-5-4-6-8-14)12-16(20)17-15-10-13(2)21-18-15/h3-8,10H,1,9,11-12H2,2H3,(H,17,18,20). The zero-order valence-electron chi connectivity index (χ0n) is 12.1. The van der Waals surface area contributed by atoms with Gasteiger partial charge in [-0.25, -0.2) is 0 Å². The maximum atomic E-state index is 12.0. The number of nitrogens with one attached hydrogen (secondary N) is 1. The topological polar surface area (TPSA) is 58.4 Å². The maximum Gasteiger partial charge on any atom is 0.239 e. The summed E-state index contributed by atoms with van der Waals surface area (Å²) in [7, 11) is 0. The summed E-state index contributed by atoms with van der Waals surface area (Å²) in [5.41, 5.74) is 1.16. The van der Waals surface area contributed by atoms with Crippen LogP contribution in [0.3, 0.4) is 0 Å². The molecule has 0 aliphatic heterocycles.